The van der Waals surface area contributed by atoms with E-state index in [1.165, 1.54) is 14.2 Å². The summed E-state index contributed by atoms with van der Waals surface area (Å²) in [6.45, 7) is -0.132. The monoisotopic (exact) mass is 300 g/mol. The molecule has 1 atom stereocenters. The van der Waals surface area contributed by atoms with Crippen molar-refractivity contribution >= 4 is 23.4 Å². The van der Waals surface area contributed by atoms with Crippen LogP contribution in [0.15, 0.2) is 18.2 Å². The molecule has 0 unspecified atom stereocenters. The second-order valence-electron chi connectivity index (χ2n) is 4.13. The number of primary amides is 1. The summed E-state index contributed by atoms with van der Waals surface area (Å²) < 4.78 is 9.72. The van der Waals surface area contributed by atoms with Crippen LogP contribution >= 0.6 is 11.6 Å². The van der Waals surface area contributed by atoms with Crippen LogP contribution in [-0.2, 0) is 20.7 Å². The molecule has 7 heteroatoms. The summed E-state index contributed by atoms with van der Waals surface area (Å²) in [5.41, 5.74) is 6.03. The van der Waals surface area contributed by atoms with Crippen LogP contribution in [0.3, 0.4) is 0 Å². The number of carbonyl (C=O) groups excluding carboxylic acids is 2. The molecule has 6 nitrogen and oxygen atoms in total. The van der Waals surface area contributed by atoms with E-state index < -0.39 is 17.9 Å². The quantitative estimate of drug-likeness (QED) is 0.767. The SMILES string of the molecule is COCC(=O)N[C@H](Cc1ccc(OC)c(Cl)c1)C(N)=O. The number of rotatable bonds is 7. The third-order valence-corrected chi connectivity index (χ3v) is 2.91. The van der Waals surface area contributed by atoms with E-state index in [1.54, 1.807) is 18.2 Å². The molecule has 0 aliphatic rings. The average Bonchev–Trinajstić information content (AvgIpc) is 2.38. The Morgan fingerprint density at radius 3 is 2.60 bits per heavy atom. The highest BCUT2D eigenvalue weighted by Crippen LogP contribution is 2.25. The van der Waals surface area contributed by atoms with Gasteiger partial charge in [0.25, 0.3) is 0 Å². The third-order valence-electron chi connectivity index (χ3n) is 2.61. The van der Waals surface area contributed by atoms with Crippen molar-refractivity contribution in [2.75, 3.05) is 20.8 Å². The minimum absolute atomic E-state index is 0.132. The fourth-order valence-corrected chi connectivity index (χ4v) is 1.94. The molecule has 1 aromatic rings. The number of ether oxygens (including phenoxy) is 2. The van der Waals surface area contributed by atoms with Gasteiger partial charge in [0.1, 0.15) is 18.4 Å². The van der Waals surface area contributed by atoms with Crippen molar-refractivity contribution in [3.63, 3.8) is 0 Å². The molecular weight excluding hydrogens is 284 g/mol. The Labute approximate surface area is 122 Å². The molecule has 0 saturated heterocycles. The van der Waals surface area contributed by atoms with Crippen molar-refractivity contribution in [2.45, 2.75) is 12.5 Å². The van der Waals surface area contributed by atoms with E-state index in [9.17, 15) is 9.59 Å². The lowest BCUT2D eigenvalue weighted by Gasteiger charge is -2.16. The highest BCUT2D eigenvalue weighted by Gasteiger charge is 2.19. The first-order valence-electron chi connectivity index (χ1n) is 5.88. The van der Waals surface area contributed by atoms with E-state index in [0.29, 0.717) is 10.8 Å². The van der Waals surface area contributed by atoms with E-state index in [1.807, 2.05) is 0 Å². The fourth-order valence-electron chi connectivity index (χ4n) is 1.66. The average molecular weight is 301 g/mol. The molecule has 2 amide bonds. The highest BCUT2D eigenvalue weighted by atomic mass is 35.5. The van der Waals surface area contributed by atoms with Gasteiger partial charge in [0.05, 0.1) is 12.1 Å². The fraction of sp³-hybridized carbons (Fsp3) is 0.385. The topological polar surface area (TPSA) is 90.7 Å². The minimum atomic E-state index is -0.817. The molecule has 0 heterocycles. The van der Waals surface area contributed by atoms with Crippen LogP contribution in [-0.4, -0.2) is 38.7 Å². The standard InChI is InChI=1S/C13H17ClN2O4/c1-19-7-12(17)16-10(13(15)18)6-8-3-4-11(20-2)9(14)5-8/h3-5,10H,6-7H2,1-2H3,(H2,15,18)(H,16,17)/t10-/m1/s1. The molecule has 0 aliphatic heterocycles. The normalized spacial score (nSPS) is 11.8. The van der Waals surface area contributed by atoms with Gasteiger partial charge in [-0.2, -0.15) is 0 Å². The number of hydrogen-bond acceptors (Lipinski definition) is 4. The Morgan fingerprint density at radius 1 is 1.40 bits per heavy atom. The van der Waals surface area contributed by atoms with Crippen LogP contribution in [0.25, 0.3) is 0 Å². The number of benzene rings is 1. The number of amides is 2. The first-order valence-corrected chi connectivity index (χ1v) is 6.25. The second-order valence-corrected chi connectivity index (χ2v) is 4.54. The van der Waals surface area contributed by atoms with Crippen molar-refractivity contribution in [1.82, 2.24) is 5.32 Å². The Morgan fingerprint density at radius 2 is 2.10 bits per heavy atom. The van der Waals surface area contributed by atoms with Gasteiger partial charge in [-0.3, -0.25) is 9.59 Å². The number of nitrogens with one attached hydrogen (secondary N) is 1. The number of halogens is 1. The van der Waals surface area contributed by atoms with Gasteiger partial charge in [-0.25, -0.2) is 0 Å². The van der Waals surface area contributed by atoms with Crippen molar-refractivity contribution in [3.8, 4) is 5.75 Å². The van der Waals surface area contributed by atoms with Crippen LogP contribution in [0.1, 0.15) is 5.56 Å². The van der Waals surface area contributed by atoms with Crippen LogP contribution in [0.4, 0.5) is 0 Å². The summed E-state index contributed by atoms with van der Waals surface area (Å²) in [6, 6.07) is 4.29. The largest absolute Gasteiger partial charge is 0.495 e. The van der Waals surface area contributed by atoms with Gasteiger partial charge >= 0.3 is 0 Å². The van der Waals surface area contributed by atoms with Gasteiger partial charge in [-0.15, -0.1) is 0 Å². The summed E-state index contributed by atoms with van der Waals surface area (Å²) >= 11 is 6.00. The van der Waals surface area contributed by atoms with E-state index in [4.69, 9.17) is 22.1 Å². The molecule has 1 aromatic carbocycles. The molecule has 110 valence electrons. The van der Waals surface area contributed by atoms with E-state index >= 15 is 0 Å². The minimum Gasteiger partial charge on any atom is -0.495 e. The molecule has 0 fully saturated rings. The van der Waals surface area contributed by atoms with Crippen molar-refractivity contribution in [1.29, 1.82) is 0 Å². The number of hydrogen-bond donors (Lipinski definition) is 2. The lowest BCUT2D eigenvalue weighted by Crippen LogP contribution is -2.46. The third kappa shape index (κ3) is 4.71. The maximum Gasteiger partial charge on any atom is 0.246 e. The van der Waals surface area contributed by atoms with Crippen molar-refractivity contribution < 1.29 is 19.1 Å². The van der Waals surface area contributed by atoms with Crippen LogP contribution < -0.4 is 15.8 Å². The van der Waals surface area contributed by atoms with Crippen LogP contribution in [0.5, 0.6) is 5.75 Å². The smallest absolute Gasteiger partial charge is 0.246 e. The van der Waals surface area contributed by atoms with Crippen molar-refractivity contribution in [2.24, 2.45) is 5.73 Å². The molecule has 0 aliphatic carbocycles. The summed E-state index contributed by atoms with van der Waals surface area (Å²) in [7, 11) is 2.90. The molecule has 0 bridgehead atoms. The van der Waals surface area contributed by atoms with Crippen LogP contribution in [0, 0.1) is 0 Å². The molecule has 3 N–H and O–H groups in total. The Hall–Kier alpha value is -1.79. The lowest BCUT2D eigenvalue weighted by atomic mass is 10.1. The predicted molar refractivity (Wildman–Crippen MR) is 74.7 cm³/mol. The molecule has 1 rings (SSSR count). The maximum atomic E-state index is 11.4. The van der Waals surface area contributed by atoms with E-state index in [0.717, 1.165) is 5.56 Å². The lowest BCUT2D eigenvalue weighted by molar-refractivity contribution is -0.129. The molecule has 0 radical (unpaired) electrons. The maximum absolute atomic E-state index is 11.4. The van der Waals surface area contributed by atoms with Gasteiger partial charge < -0.3 is 20.5 Å². The Balaban J connectivity index is 2.78. The zero-order valence-corrected chi connectivity index (χ0v) is 12.1. The molecule has 0 aromatic heterocycles. The predicted octanol–water partition coefficient (Wildman–Crippen LogP) is 0.508. The Bertz CT molecular complexity index is 493. The summed E-state index contributed by atoms with van der Waals surface area (Å²) in [4.78, 5) is 22.8. The molecule has 0 saturated carbocycles. The number of nitrogens with two attached hydrogens (primary N) is 1. The molecule has 0 spiro atoms. The van der Waals surface area contributed by atoms with Crippen molar-refractivity contribution in [3.05, 3.63) is 28.8 Å². The number of methoxy groups -OCH3 is 2. The van der Waals surface area contributed by atoms with Gasteiger partial charge in [0, 0.05) is 13.5 Å². The van der Waals surface area contributed by atoms with Gasteiger partial charge in [-0.05, 0) is 17.7 Å². The first kappa shape index (κ1) is 16.3. The van der Waals surface area contributed by atoms with Gasteiger partial charge in [0.15, 0.2) is 0 Å². The number of carbonyl (C=O) groups is 2. The van der Waals surface area contributed by atoms with Gasteiger partial charge in [0.2, 0.25) is 11.8 Å². The first-order chi connectivity index (χ1) is 9.47. The highest BCUT2D eigenvalue weighted by molar-refractivity contribution is 6.32. The van der Waals surface area contributed by atoms with E-state index in [2.05, 4.69) is 10.1 Å². The van der Waals surface area contributed by atoms with Gasteiger partial charge in [-0.1, -0.05) is 17.7 Å². The van der Waals surface area contributed by atoms with E-state index in [-0.39, 0.29) is 13.0 Å². The Kier molecular flexibility index (Phi) is 6.27. The second kappa shape index (κ2) is 7.72. The summed E-state index contributed by atoms with van der Waals surface area (Å²) in [5, 5.41) is 2.93. The zero-order chi connectivity index (χ0) is 15.1. The molecular formula is C13H17ClN2O4. The zero-order valence-electron chi connectivity index (χ0n) is 11.3. The summed E-state index contributed by atoms with van der Waals surface area (Å²) in [5.74, 6) is -0.494. The molecule has 20 heavy (non-hydrogen) atoms. The van der Waals surface area contributed by atoms with Crippen LogP contribution in [0.2, 0.25) is 5.02 Å². The summed E-state index contributed by atoms with van der Waals surface area (Å²) in [6.07, 6.45) is 0.245.